The summed E-state index contributed by atoms with van der Waals surface area (Å²) in [6.07, 6.45) is 4.77. The fourth-order valence-electron chi connectivity index (χ4n) is 1.69. The van der Waals surface area contributed by atoms with Gasteiger partial charge in [0.15, 0.2) is 0 Å². The molecule has 0 radical (unpaired) electrons. The fraction of sp³-hybridized carbons (Fsp3) is 0.667. The van der Waals surface area contributed by atoms with Crippen molar-refractivity contribution in [1.29, 1.82) is 0 Å². The van der Waals surface area contributed by atoms with E-state index >= 15 is 0 Å². The van der Waals surface area contributed by atoms with Crippen LogP contribution in [-0.2, 0) is 0 Å². The second-order valence-corrected chi connectivity index (χ2v) is 3.11. The van der Waals surface area contributed by atoms with Crippen molar-refractivity contribution in [3.8, 4) is 0 Å². The predicted octanol–water partition coefficient (Wildman–Crippen LogP) is 1.67. The van der Waals surface area contributed by atoms with Crippen LogP contribution in [0.2, 0.25) is 0 Å². The number of hydrogen-bond acceptors (Lipinski definition) is 2. The van der Waals surface area contributed by atoms with E-state index in [2.05, 4.69) is 4.99 Å². The van der Waals surface area contributed by atoms with Crippen molar-refractivity contribution in [3.63, 3.8) is 0 Å². The maximum Gasteiger partial charge on any atom is 0.101 e. The summed E-state index contributed by atoms with van der Waals surface area (Å²) >= 11 is 0. The van der Waals surface area contributed by atoms with E-state index in [1.54, 1.807) is 13.1 Å². The van der Waals surface area contributed by atoms with Gasteiger partial charge in [-0.3, -0.25) is 4.99 Å². The molecule has 3 heteroatoms. The number of nitrogens with two attached hydrogens (primary N) is 1. The van der Waals surface area contributed by atoms with E-state index in [1.165, 1.54) is 6.20 Å². The highest BCUT2D eigenvalue weighted by atomic mass is 19.1. The lowest BCUT2D eigenvalue weighted by Crippen LogP contribution is -2.09. The van der Waals surface area contributed by atoms with E-state index in [9.17, 15) is 4.39 Å². The Kier molecular flexibility index (Phi) is 3.26. The van der Waals surface area contributed by atoms with Gasteiger partial charge in [-0.05, 0) is 31.5 Å². The van der Waals surface area contributed by atoms with Gasteiger partial charge >= 0.3 is 0 Å². The molecule has 68 valence electrons. The van der Waals surface area contributed by atoms with Crippen LogP contribution in [0.15, 0.2) is 17.3 Å². The van der Waals surface area contributed by atoms with E-state index in [-0.39, 0.29) is 5.92 Å². The van der Waals surface area contributed by atoms with Gasteiger partial charge in [-0.2, -0.15) is 0 Å². The zero-order valence-electron chi connectivity index (χ0n) is 7.33. The van der Waals surface area contributed by atoms with Crippen LogP contribution in [0.3, 0.4) is 0 Å². The van der Waals surface area contributed by atoms with Crippen LogP contribution in [-0.4, -0.2) is 18.9 Å². The second kappa shape index (κ2) is 4.24. The number of nitrogens with zero attached hydrogens (tertiary/aromatic N) is 1. The molecule has 12 heavy (non-hydrogen) atoms. The SMILES string of the molecule is CN=C(C=CN)C1CCC(F)C1. The highest BCUT2D eigenvalue weighted by Crippen LogP contribution is 2.29. The Balaban J connectivity index is 2.56. The summed E-state index contributed by atoms with van der Waals surface area (Å²) in [5.41, 5.74) is 6.18. The average Bonchev–Trinajstić information content (AvgIpc) is 2.47. The molecule has 0 spiro atoms. The molecule has 1 saturated carbocycles. The van der Waals surface area contributed by atoms with Crippen LogP contribution in [0, 0.1) is 5.92 Å². The normalized spacial score (nSPS) is 31.7. The average molecular weight is 170 g/mol. The molecule has 0 aromatic carbocycles. The van der Waals surface area contributed by atoms with Gasteiger partial charge in [0.2, 0.25) is 0 Å². The van der Waals surface area contributed by atoms with Crippen molar-refractivity contribution in [2.75, 3.05) is 7.05 Å². The second-order valence-electron chi connectivity index (χ2n) is 3.11. The van der Waals surface area contributed by atoms with E-state index in [0.717, 1.165) is 12.1 Å². The van der Waals surface area contributed by atoms with Crippen molar-refractivity contribution in [2.24, 2.45) is 16.6 Å². The summed E-state index contributed by atoms with van der Waals surface area (Å²) in [6.45, 7) is 0. The Morgan fingerprint density at radius 3 is 2.75 bits per heavy atom. The third-order valence-corrected chi connectivity index (χ3v) is 2.31. The highest BCUT2D eigenvalue weighted by Gasteiger charge is 2.26. The predicted molar refractivity (Wildman–Crippen MR) is 48.9 cm³/mol. The van der Waals surface area contributed by atoms with Gasteiger partial charge < -0.3 is 5.73 Å². The van der Waals surface area contributed by atoms with Gasteiger partial charge in [-0.1, -0.05) is 0 Å². The molecule has 2 N–H and O–H groups in total. The van der Waals surface area contributed by atoms with Gasteiger partial charge in [0.25, 0.3) is 0 Å². The van der Waals surface area contributed by atoms with Crippen molar-refractivity contribution in [1.82, 2.24) is 0 Å². The molecule has 1 fully saturated rings. The lowest BCUT2D eigenvalue weighted by atomic mass is 10.0. The first-order valence-electron chi connectivity index (χ1n) is 4.27. The minimum atomic E-state index is -0.641. The van der Waals surface area contributed by atoms with Gasteiger partial charge in [0, 0.05) is 18.7 Å². The highest BCUT2D eigenvalue weighted by molar-refractivity contribution is 5.96. The summed E-state index contributed by atoms with van der Waals surface area (Å²) in [7, 11) is 1.72. The largest absolute Gasteiger partial charge is 0.405 e. The summed E-state index contributed by atoms with van der Waals surface area (Å²) in [5.74, 6) is 0.282. The van der Waals surface area contributed by atoms with Gasteiger partial charge in [0.1, 0.15) is 6.17 Å². The number of halogens is 1. The third-order valence-electron chi connectivity index (χ3n) is 2.31. The summed E-state index contributed by atoms with van der Waals surface area (Å²) < 4.78 is 12.8. The van der Waals surface area contributed by atoms with Crippen LogP contribution < -0.4 is 5.73 Å². The molecule has 2 unspecified atom stereocenters. The Hall–Kier alpha value is -0.860. The molecule has 1 aliphatic rings. The fourth-order valence-corrected chi connectivity index (χ4v) is 1.69. The summed E-state index contributed by atoms with van der Waals surface area (Å²) in [5, 5.41) is 0. The molecule has 0 aromatic rings. The molecule has 1 rings (SSSR count). The molecule has 0 saturated heterocycles. The molecule has 2 nitrogen and oxygen atoms in total. The van der Waals surface area contributed by atoms with Crippen LogP contribution in [0.4, 0.5) is 4.39 Å². The van der Waals surface area contributed by atoms with E-state index in [0.29, 0.717) is 12.8 Å². The molecule has 0 aromatic heterocycles. The van der Waals surface area contributed by atoms with Gasteiger partial charge in [-0.15, -0.1) is 0 Å². The summed E-state index contributed by atoms with van der Waals surface area (Å²) in [6, 6.07) is 0. The molecule has 0 amide bonds. The zero-order chi connectivity index (χ0) is 8.97. The van der Waals surface area contributed by atoms with Crippen LogP contribution >= 0.6 is 0 Å². The monoisotopic (exact) mass is 170 g/mol. The number of hydrogen-bond donors (Lipinski definition) is 1. The molecule has 0 bridgehead atoms. The molecular formula is C9H15FN2. The molecule has 2 atom stereocenters. The Bertz CT molecular complexity index is 199. The Labute approximate surface area is 72.4 Å². The minimum absolute atomic E-state index is 0.282. The molecule has 1 aliphatic carbocycles. The lowest BCUT2D eigenvalue weighted by Gasteiger charge is -2.07. The standard InChI is InChI=1S/C9H15FN2/c1-12-9(4-5-11)7-2-3-8(10)6-7/h4-5,7-8H,2-3,6,11H2,1H3. The van der Waals surface area contributed by atoms with Crippen molar-refractivity contribution >= 4 is 5.71 Å². The smallest absolute Gasteiger partial charge is 0.101 e. The first-order chi connectivity index (χ1) is 5.77. The van der Waals surface area contributed by atoms with Crippen molar-refractivity contribution in [2.45, 2.75) is 25.4 Å². The van der Waals surface area contributed by atoms with Crippen LogP contribution in [0.25, 0.3) is 0 Å². The van der Waals surface area contributed by atoms with Crippen molar-refractivity contribution < 1.29 is 4.39 Å². The number of alkyl halides is 1. The number of allylic oxidation sites excluding steroid dienone is 1. The first-order valence-corrected chi connectivity index (χ1v) is 4.27. The number of aliphatic imine (C=N–C) groups is 1. The Morgan fingerprint density at radius 1 is 1.58 bits per heavy atom. The van der Waals surface area contributed by atoms with E-state index in [4.69, 9.17) is 5.73 Å². The topological polar surface area (TPSA) is 38.4 Å². The molecular weight excluding hydrogens is 155 g/mol. The van der Waals surface area contributed by atoms with Crippen LogP contribution in [0.1, 0.15) is 19.3 Å². The van der Waals surface area contributed by atoms with E-state index in [1.807, 2.05) is 0 Å². The number of rotatable bonds is 2. The first kappa shape index (κ1) is 9.23. The maximum atomic E-state index is 12.8. The minimum Gasteiger partial charge on any atom is -0.405 e. The molecule has 0 aliphatic heterocycles. The van der Waals surface area contributed by atoms with Gasteiger partial charge in [-0.25, -0.2) is 4.39 Å². The third kappa shape index (κ3) is 2.06. The van der Waals surface area contributed by atoms with Crippen molar-refractivity contribution in [3.05, 3.63) is 12.3 Å². The van der Waals surface area contributed by atoms with E-state index < -0.39 is 6.17 Å². The maximum absolute atomic E-state index is 12.8. The van der Waals surface area contributed by atoms with Gasteiger partial charge in [0.05, 0.1) is 0 Å². The molecule has 0 heterocycles. The quantitative estimate of drug-likeness (QED) is 0.629. The van der Waals surface area contributed by atoms with Crippen LogP contribution in [0.5, 0.6) is 0 Å². The summed E-state index contributed by atoms with van der Waals surface area (Å²) in [4.78, 5) is 4.08. The Morgan fingerprint density at radius 2 is 2.33 bits per heavy atom. The lowest BCUT2D eigenvalue weighted by molar-refractivity contribution is 0.339. The zero-order valence-corrected chi connectivity index (χ0v) is 7.33.